The fourth-order valence-corrected chi connectivity index (χ4v) is 1.02. The van der Waals surface area contributed by atoms with E-state index in [0.717, 1.165) is 11.1 Å². The van der Waals surface area contributed by atoms with Crippen LogP contribution in [0.25, 0.3) is 0 Å². The van der Waals surface area contributed by atoms with Gasteiger partial charge < -0.3 is 10.8 Å². The summed E-state index contributed by atoms with van der Waals surface area (Å²) in [5.41, 5.74) is 6.65. The first-order valence-electron chi connectivity index (χ1n) is 4.23. The monoisotopic (exact) mass is 189 g/mol. The van der Waals surface area contributed by atoms with Crippen molar-refractivity contribution in [1.82, 2.24) is 0 Å². The highest BCUT2D eigenvalue weighted by Crippen LogP contribution is 2.03. The summed E-state index contributed by atoms with van der Waals surface area (Å²) < 4.78 is 0. The van der Waals surface area contributed by atoms with Crippen LogP contribution in [0.4, 0.5) is 0 Å². The van der Waals surface area contributed by atoms with Crippen LogP contribution < -0.4 is 5.73 Å². The Morgan fingerprint density at radius 3 is 2.50 bits per heavy atom. The maximum Gasteiger partial charge on any atom is 0.293 e. The summed E-state index contributed by atoms with van der Waals surface area (Å²) in [7, 11) is 0. The van der Waals surface area contributed by atoms with Crippen LogP contribution in [0.5, 0.6) is 0 Å². The second-order valence-electron chi connectivity index (χ2n) is 2.78. The number of primary amides is 1. The number of hydrogen-bond acceptors (Lipinski definition) is 2. The fourth-order valence-electron chi connectivity index (χ4n) is 1.02. The summed E-state index contributed by atoms with van der Waals surface area (Å²) in [5, 5.41) is 8.68. The van der Waals surface area contributed by atoms with Crippen LogP contribution in [-0.2, 0) is 11.2 Å². The average molecular weight is 189 g/mol. The van der Waals surface area contributed by atoms with E-state index < -0.39 is 5.91 Å². The van der Waals surface area contributed by atoms with Crippen LogP contribution in [0.1, 0.15) is 11.1 Å². The lowest BCUT2D eigenvalue weighted by molar-refractivity contribution is -0.112. The molecular formula is C11H11NO2. The van der Waals surface area contributed by atoms with Crippen molar-refractivity contribution in [2.24, 2.45) is 5.73 Å². The van der Waals surface area contributed by atoms with Gasteiger partial charge in [-0.25, -0.2) is 0 Å². The molecule has 0 radical (unpaired) electrons. The van der Waals surface area contributed by atoms with Gasteiger partial charge in [-0.2, -0.15) is 0 Å². The van der Waals surface area contributed by atoms with Gasteiger partial charge in [0.1, 0.15) is 0 Å². The van der Waals surface area contributed by atoms with Crippen molar-refractivity contribution >= 4 is 5.91 Å². The van der Waals surface area contributed by atoms with Crippen molar-refractivity contribution in [3.63, 3.8) is 0 Å². The minimum Gasteiger partial charge on any atom is -0.396 e. The van der Waals surface area contributed by atoms with E-state index in [4.69, 9.17) is 10.8 Å². The Morgan fingerprint density at radius 1 is 1.36 bits per heavy atom. The number of rotatable bonds is 2. The van der Waals surface area contributed by atoms with Crippen molar-refractivity contribution in [3.8, 4) is 11.8 Å². The lowest BCUT2D eigenvalue weighted by Crippen LogP contribution is -2.06. The van der Waals surface area contributed by atoms with Gasteiger partial charge in [-0.15, -0.1) is 0 Å². The first-order valence-corrected chi connectivity index (χ1v) is 4.23. The van der Waals surface area contributed by atoms with Gasteiger partial charge in [0.15, 0.2) is 0 Å². The molecule has 1 rings (SSSR count). The highest BCUT2D eigenvalue weighted by molar-refractivity contribution is 5.92. The zero-order chi connectivity index (χ0) is 10.4. The summed E-state index contributed by atoms with van der Waals surface area (Å²) in [5.74, 6) is 4.24. The number of carbonyl (C=O) groups is 1. The fraction of sp³-hybridized carbons (Fsp3) is 0.182. The van der Waals surface area contributed by atoms with Gasteiger partial charge in [0.05, 0.1) is 0 Å². The first-order chi connectivity index (χ1) is 6.72. The van der Waals surface area contributed by atoms with Crippen molar-refractivity contribution in [2.45, 2.75) is 6.42 Å². The van der Waals surface area contributed by atoms with E-state index in [0.29, 0.717) is 6.42 Å². The van der Waals surface area contributed by atoms with E-state index in [1.165, 1.54) is 0 Å². The molecule has 0 fully saturated rings. The molecule has 0 bridgehead atoms. The van der Waals surface area contributed by atoms with Crippen molar-refractivity contribution in [2.75, 3.05) is 6.61 Å². The van der Waals surface area contributed by atoms with Crippen LogP contribution in [0, 0.1) is 11.8 Å². The Hall–Kier alpha value is -1.79. The van der Waals surface area contributed by atoms with Crippen LogP contribution in [0.3, 0.4) is 0 Å². The second-order valence-corrected chi connectivity index (χ2v) is 2.78. The molecule has 0 aliphatic carbocycles. The molecule has 0 spiro atoms. The van der Waals surface area contributed by atoms with E-state index in [-0.39, 0.29) is 6.61 Å². The summed E-state index contributed by atoms with van der Waals surface area (Å²) in [6.45, 7) is 0.131. The number of carbonyl (C=O) groups excluding carboxylic acids is 1. The molecule has 0 saturated carbocycles. The summed E-state index contributed by atoms with van der Waals surface area (Å²) in [6.07, 6.45) is 0.629. The summed E-state index contributed by atoms with van der Waals surface area (Å²) >= 11 is 0. The van der Waals surface area contributed by atoms with Crippen LogP contribution in [0.15, 0.2) is 24.3 Å². The Balaban J connectivity index is 2.75. The maximum atomic E-state index is 10.4. The van der Waals surface area contributed by atoms with Crippen molar-refractivity contribution < 1.29 is 9.90 Å². The molecule has 0 saturated heterocycles. The molecule has 1 aromatic rings. The standard InChI is InChI=1S/C11H11NO2/c12-11(14)6-5-9-1-3-10(4-2-9)7-8-13/h1-4,13H,7-8H2,(H2,12,14). The van der Waals surface area contributed by atoms with Gasteiger partial charge in [0.2, 0.25) is 0 Å². The topological polar surface area (TPSA) is 63.3 Å². The molecule has 72 valence electrons. The largest absolute Gasteiger partial charge is 0.396 e. The minimum absolute atomic E-state index is 0.131. The lowest BCUT2D eigenvalue weighted by Gasteiger charge is -1.96. The highest BCUT2D eigenvalue weighted by atomic mass is 16.2. The van der Waals surface area contributed by atoms with Crippen LogP contribution in [-0.4, -0.2) is 17.6 Å². The van der Waals surface area contributed by atoms with E-state index in [1.807, 2.05) is 12.1 Å². The molecule has 0 aliphatic heterocycles. The van der Waals surface area contributed by atoms with E-state index in [2.05, 4.69) is 11.8 Å². The Kier molecular flexibility index (Phi) is 3.71. The lowest BCUT2D eigenvalue weighted by atomic mass is 10.1. The van der Waals surface area contributed by atoms with Gasteiger partial charge in [-0.1, -0.05) is 18.1 Å². The van der Waals surface area contributed by atoms with E-state index in [1.54, 1.807) is 12.1 Å². The molecule has 0 heterocycles. The number of benzene rings is 1. The second kappa shape index (κ2) is 5.05. The van der Waals surface area contributed by atoms with Crippen LogP contribution >= 0.6 is 0 Å². The molecule has 0 aromatic heterocycles. The van der Waals surface area contributed by atoms with Gasteiger partial charge in [-0.05, 0) is 30.0 Å². The third-order valence-corrected chi connectivity index (χ3v) is 1.68. The van der Waals surface area contributed by atoms with Gasteiger partial charge in [0, 0.05) is 12.2 Å². The predicted molar refractivity (Wildman–Crippen MR) is 53.3 cm³/mol. The number of amides is 1. The molecule has 1 aromatic carbocycles. The first kappa shape index (κ1) is 10.3. The molecule has 0 atom stereocenters. The normalized spacial score (nSPS) is 8.93. The SMILES string of the molecule is NC(=O)C#Cc1ccc(CCO)cc1. The molecule has 3 heteroatoms. The molecule has 0 unspecified atom stereocenters. The van der Waals surface area contributed by atoms with Gasteiger partial charge in [-0.3, -0.25) is 4.79 Å². The molecule has 3 nitrogen and oxygen atoms in total. The molecule has 1 amide bonds. The minimum atomic E-state index is -0.635. The Bertz CT molecular complexity index is 371. The third kappa shape index (κ3) is 3.30. The summed E-state index contributed by atoms with van der Waals surface area (Å²) in [4.78, 5) is 10.4. The number of aliphatic hydroxyl groups is 1. The Labute approximate surface area is 82.6 Å². The molecule has 3 N–H and O–H groups in total. The number of hydrogen-bond donors (Lipinski definition) is 2. The quantitative estimate of drug-likeness (QED) is 0.646. The molecule has 0 aliphatic rings. The highest BCUT2D eigenvalue weighted by Gasteiger charge is 1.91. The average Bonchev–Trinajstić information content (AvgIpc) is 2.17. The van der Waals surface area contributed by atoms with Gasteiger partial charge >= 0.3 is 0 Å². The zero-order valence-corrected chi connectivity index (χ0v) is 7.66. The molecule has 14 heavy (non-hydrogen) atoms. The van der Waals surface area contributed by atoms with Crippen LogP contribution in [0.2, 0.25) is 0 Å². The van der Waals surface area contributed by atoms with Crippen molar-refractivity contribution in [3.05, 3.63) is 35.4 Å². The number of nitrogens with two attached hydrogens (primary N) is 1. The predicted octanol–water partition coefficient (Wildman–Crippen LogP) is 0.0582. The van der Waals surface area contributed by atoms with E-state index in [9.17, 15) is 4.79 Å². The smallest absolute Gasteiger partial charge is 0.293 e. The van der Waals surface area contributed by atoms with Gasteiger partial charge in [0.25, 0.3) is 5.91 Å². The third-order valence-electron chi connectivity index (χ3n) is 1.68. The zero-order valence-electron chi connectivity index (χ0n) is 7.66. The Morgan fingerprint density at radius 2 is 2.00 bits per heavy atom. The summed E-state index contributed by atoms with van der Waals surface area (Å²) in [6, 6.07) is 7.31. The molecular weight excluding hydrogens is 178 g/mol. The van der Waals surface area contributed by atoms with Crippen molar-refractivity contribution in [1.29, 1.82) is 0 Å². The number of aliphatic hydroxyl groups excluding tert-OH is 1. The van der Waals surface area contributed by atoms with E-state index >= 15 is 0 Å². The maximum absolute atomic E-state index is 10.4.